The molecule has 0 unspecified atom stereocenters. The zero-order valence-corrected chi connectivity index (χ0v) is 34.7. The van der Waals surface area contributed by atoms with Crippen molar-refractivity contribution >= 4 is 97.1 Å². The second-order valence-electron chi connectivity index (χ2n) is 17.1. The molecule has 64 heavy (non-hydrogen) atoms. The van der Waals surface area contributed by atoms with Crippen molar-refractivity contribution in [3.63, 3.8) is 0 Å². The first-order chi connectivity index (χ1) is 31.8. The molecule has 0 radical (unpaired) electrons. The van der Waals surface area contributed by atoms with Gasteiger partial charge in [-0.2, -0.15) is 0 Å². The van der Waals surface area contributed by atoms with Crippen molar-refractivity contribution in [2.45, 2.75) is 0 Å². The highest BCUT2D eigenvalue weighted by molar-refractivity contribution is 6.38. The first kappa shape index (κ1) is 35.2. The summed E-state index contributed by atoms with van der Waals surface area (Å²) in [7, 11) is 0. The molecule has 0 saturated heterocycles. The summed E-state index contributed by atoms with van der Waals surface area (Å²) >= 11 is 0. The van der Waals surface area contributed by atoms with Crippen LogP contribution >= 0.6 is 0 Å². The predicted molar refractivity (Wildman–Crippen MR) is 273 cm³/mol. The van der Waals surface area contributed by atoms with Crippen LogP contribution in [0.1, 0.15) is 0 Å². The standard InChI is InChI=1S/C62H36N2/c1-2-14-41(15-3-1)61-52-23-8-9-29-54(52)63-62(64-61)60-49-21-6-4-19-43(49)55(44-20-5-7-22-50(44)60)40-32-30-37(31-33-40)53-36-42-18-12-26-46-45-24-10-16-38-34-35-39-17-11-25-47(57(39)56(38)45)48-27-13-28-51(53)59(48)58(42)46/h1-36H. The van der Waals surface area contributed by atoms with Gasteiger partial charge in [-0.1, -0.05) is 206 Å². The van der Waals surface area contributed by atoms with Crippen LogP contribution in [0.25, 0.3) is 142 Å². The third kappa shape index (κ3) is 5.02. The second-order valence-corrected chi connectivity index (χ2v) is 17.1. The van der Waals surface area contributed by atoms with Gasteiger partial charge < -0.3 is 0 Å². The molecule has 0 fully saturated rings. The zero-order valence-electron chi connectivity index (χ0n) is 34.7. The normalized spacial score (nSPS) is 12.1. The van der Waals surface area contributed by atoms with E-state index >= 15 is 0 Å². The van der Waals surface area contributed by atoms with Gasteiger partial charge in [-0.15, -0.1) is 0 Å². The minimum Gasteiger partial charge on any atom is -0.228 e. The second kappa shape index (κ2) is 13.5. The molecule has 294 valence electrons. The molecule has 0 saturated carbocycles. The van der Waals surface area contributed by atoms with E-state index in [1.807, 2.05) is 0 Å². The van der Waals surface area contributed by atoms with E-state index < -0.39 is 0 Å². The Bertz CT molecular complexity index is 4170. The van der Waals surface area contributed by atoms with Crippen molar-refractivity contribution in [2.24, 2.45) is 0 Å². The minimum absolute atomic E-state index is 0.730. The molecule has 0 aliphatic rings. The summed E-state index contributed by atoms with van der Waals surface area (Å²) in [5.74, 6) is 0.730. The number of rotatable bonds is 4. The number of benzene rings is 12. The highest BCUT2D eigenvalue weighted by Crippen LogP contribution is 2.47. The van der Waals surface area contributed by atoms with Crippen molar-refractivity contribution in [3.05, 3.63) is 218 Å². The topological polar surface area (TPSA) is 25.8 Å². The van der Waals surface area contributed by atoms with Gasteiger partial charge in [0.05, 0.1) is 11.2 Å². The third-order valence-corrected chi connectivity index (χ3v) is 13.8. The van der Waals surface area contributed by atoms with Gasteiger partial charge >= 0.3 is 0 Å². The van der Waals surface area contributed by atoms with Crippen LogP contribution in [0.5, 0.6) is 0 Å². The van der Waals surface area contributed by atoms with Crippen molar-refractivity contribution in [1.29, 1.82) is 0 Å². The number of hydrogen-bond acceptors (Lipinski definition) is 2. The lowest BCUT2D eigenvalue weighted by Gasteiger charge is -2.19. The fourth-order valence-corrected chi connectivity index (χ4v) is 11.0. The molecule has 14 aromatic rings. The number of para-hydroxylation sites is 1. The summed E-state index contributed by atoms with van der Waals surface area (Å²) in [5.41, 5.74) is 8.81. The summed E-state index contributed by atoms with van der Waals surface area (Å²) in [6, 6.07) is 80.0. The minimum atomic E-state index is 0.730. The molecule has 0 spiro atoms. The van der Waals surface area contributed by atoms with Crippen LogP contribution in [-0.4, -0.2) is 9.97 Å². The van der Waals surface area contributed by atoms with E-state index in [1.165, 1.54) is 97.7 Å². The van der Waals surface area contributed by atoms with Crippen molar-refractivity contribution in [3.8, 4) is 44.9 Å². The molecule has 0 N–H and O–H groups in total. The molecular weight excluding hydrogens is 773 g/mol. The Kier molecular flexibility index (Phi) is 7.43. The molecule has 14 rings (SSSR count). The van der Waals surface area contributed by atoms with Crippen LogP contribution in [0.2, 0.25) is 0 Å². The fourth-order valence-electron chi connectivity index (χ4n) is 11.0. The average Bonchev–Trinajstić information content (AvgIpc) is 3.36. The van der Waals surface area contributed by atoms with Crippen molar-refractivity contribution in [1.82, 2.24) is 9.97 Å². The molecular formula is C62H36N2. The summed E-state index contributed by atoms with van der Waals surface area (Å²) < 4.78 is 0. The van der Waals surface area contributed by atoms with Gasteiger partial charge in [0.2, 0.25) is 0 Å². The van der Waals surface area contributed by atoms with E-state index in [2.05, 4.69) is 218 Å². The van der Waals surface area contributed by atoms with E-state index in [-0.39, 0.29) is 0 Å². The number of nitrogens with zero attached hydrogens (tertiary/aromatic N) is 2. The van der Waals surface area contributed by atoms with E-state index in [4.69, 9.17) is 9.97 Å². The quantitative estimate of drug-likeness (QED) is 0.131. The van der Waals surface area contributed by atoms with Gasteiger partial charge in [-0.05, 0) is 121 Å². The number of aromatic nitrogens is 2. The largest absolute Gasteiger partial charge is 0.228 e. The molecule has 1 aromatic heterocycles. The maximum Gasteiger partial charge on any atom is 0.161 e. The highest BCUT2D eigenvalue weighted by atomic mass is 14.9. The van der Waals surface area contributed by atoms with Crippen LogP contribution in [0, 0.1) is 0 Å². The third-order valence-electron chi connectivity index (χ3n) is 13.8. The van der Waals surface area contributed by atoms with Gasteiger partial charge in [0.15, 0.2) is 5.82 Å². The lowest BCUT2D eigenvalue weighted by atomic mass is 9.85. The maximum absolute atomic E-state index is 5.38. The number of hydrogen-bond donors (Lipinski definition) is 0. The van der Waals surface area contributed by atoms with Gasteiger partial charge in [-0.3, -0.25) is 0 Å². The zero-order chi connectivity index (χ0) is 41.9. The van der Waals surface area contributed by atoms with Crippen molar-refractivity contribution in [2.75, 3.05) is 0 Å². The van der Waals surface area contributed by atoms with Crippen LogP contribution < -0.4 is 0 Å². The first-order valence-electron chi connectivity index (χ1n) is 22.1. The summed E-state index contributed by atoms with van der Waals surface area (Å²) in [5, 5.41) is 21.2. The van der Waals surface area contributed by atoms with E-state index in [0.717, 1.165) is 44.3 Å². The van der Waals surface area contributed by atoms with Gasteiger partial charge in [-0.25, -0.2) is 9.97 Å². The van der Waals surface area contributed by atoms with Gasteiger partial charge in [0, 0.05) is 16.5 Å². The van der Waals surface area contributed by atoms with E-state index in [0.29, 0.717) is 0 Å². The summed E-state index contributed by atoms with van der Waals surface area (Å²) in [6.45, 7) is 0. The average molecular weight is 809 g/mol. The Balaban J connectivity index is 0.995. The fraction of sp³-hybridized carbons (Fsp3) is 0. The smallest absolute Gasteiger partial charge is 0.161 e. The predicted octanol–water partition coefficient (Wildman–Crippen LogP) is 17.0. The van der Waals surface area contributed by atoms with Gasteiger partial charge in [0.25, 0.3) is 0 Å². The molecule has 0 atom stereocenters. The molecule has 0 aliphatic carbocycles. The Morgan fingerprint density at radius 1 is 0.250 bits per heavy atom. The Morgan fingerprint density at radius 3 is 1.33 bits per heavy atom. The number of fused-ring (bicyclic) bond motifs is 5. The molecule has 0 bridgehead atoms. The SMILES string of the molecule is c1ccc(-c2nc(-c3c4ccccc4c(-c4ccc(-c5cc6cccc7c8cccc9ccc%10cccc(c%11cccc5c%11c67)c%10c98)cc4)c4ccccc34)nc3ccccc23)cc1. The van der Waals surface area contributed by atoms with Crippen LogP contribution in [0.3, 0.4) is 0 Å². The molecule has 0 amide bonds. The molecule has 1 heterocycles. The van der Waals surface area contributed by atoms with E-state index in [1.54, 1.807) is 0 Å². The molecule has 2 heteroatoms. The molecule has 2 nitrogen and oxygen atoms in total. The van der Waals surface area contributed by atoms with Gasteiger partial charge in [0.1, 0.15) is 0 Å². The van der Waals surface area contributed by atoms with Crippen LogP contribution in [0.15, 0.2) is 218 Å². The Morgan fingerprint density at radius 2 is 0.703 bits per heavy atom. The molecule has 0 aliphatic heterocycles. The van der Waals surface area contributed by atoms with Crippen LogP contribution in [0.4, 0.5) is 0 Å². The Labute approximate surface area is 368 Å². The Hall–Kier alpha value is -8.46. The maximum atomic E-state index is 5.38. The van der Waals surface area contributed by atoms with Crippen LogP contribution in [-0.2, 0) is 0 Å². The lowest BCUT2D eigenvalue weighted by Crippen LogP contribution is -1.98. The first-order valence-corrected chi connectivity index (χ1v) is 22.1. The summed E-state index contributed by atoms with van der Waals surface area (Å²) in [4.78, 5) is 10.7. The summed E-state index contributed by atoms with van der Waals surface area (Å²) in [6.07, 6.45) is 0. The highest BCUT2D eigenvalue weighted by Gasteiger charge is 2.21. The van der Waals surface area contributed by atoms with Crippen molar-refractivity contribution < 1.29 is 0 Å². The monoisotopic (exact) mass is 808 g/mol. The van der Waals surface area contributed by atoms with E-state index in [9.17, 15) is 0 Å². The molecule has 13 aromatic carbocycles. The lowest BCUT2D eigenvalue weighted by molar-refractivity contribution is 1.24.